The Kier molecular flexibility index (Phi) is 5.39. The Hall–Kier alpha value is -1.50. The van der Waals surface area contributed by atoms with Gasteiger partial charge in [0.2, 0.25) is 10.0 Å². The molecule has 0 aliphatic heterocycles. The van der Waals surface area contributed by atoms with E-state index < -0.39 is 33.8 Å². The van der Waals surface area contributed by atoms with Gasteiger partial charge in [-0.2, -0.15) is 0 Å². The van der Waals surface area contributed by atoms with Gasteiger partial charge in [0, 0.05) is 12.1 Å². The van der Waals surface area contributed by atoms with E-state index in [9.17, 15) is 17.2 Å². The van der Waals surface area contributed by atoms with Crippen molar-refractivity contribution in [3.8, 4) is 0 Å². The van der Waals surface area contributed by atoms with Crippen LogP contribution >= 0.6 is 11.6 Å². The van der Waals surface area contributed by atoms with E-state index in [0.717, 1.165) is 17.7 Å². The van der Waals surface area contributed by atoms with Gasteiger partial charge in [0.1, 0.15) is 11.6 Å². The molecule has 0 aromatic heterocycles. The van der Waals surface area contributed by atoms with Crippen molar-refractivity contribution in [2.75, 3.05) is 0 Å². The zero-order valence-corrected chi connectivity index (χ0v) is 14.2. The summed E-state index contributed by atoms with van der Waals surface area (Å²) >= 11 is 5.58. The van der Waals surface area contributed by atoms with Crippen LogP contribution in [0.3, 0.4) is 0 Å². The molecule has 0 saturated carbocycles. The molecule has 0 fully saturated rings. The molecule has 3 nitrogen and oxygen atoms in total. The summed E-state index contributed by atoms with van der Waals surface area (Å²) < 4.78 is 54.0. The van der Waals surface area contributed by atoms with Gasteiger partial charge >= 0.3 is 0 Å². The lowest BCUT2D eigenvalue weighted by Gasteiger charge is -2.10. The minimum absolute atomic E-state index is 0.0322. The van der Waals surface area contributed by atoms with Crippen molar-refractivity contribution >= 4 is 21.6 Å². The summed E-state index contributed by atoms with van der Waals surface area (Å²) in [5.41, 5.74) is 0.579. The van der Waals surface area contributed by atoms with Crippen LogP contribution in [0.1, 0.15) is 30.9 Å². The Morgan fingerprint density at radius 2 is 1.70 bits per heavy atom. The molecule has 23 heavy (non-hydrogen) atoms. The molecule has 2 aromatic carbocycles. The number of hydrogen-bond acceptors (Lipinski definition) is 2. The summed E-state index contributed by atoms with van der Waals surface area (Å²) in [5.74, 6) is -1.55. The predicted octanol–water partition coefficient (Wildman–Crippen LogP) is 4.22. The molecule has 7 heteroatoms. The molecular weight excluding hydrogens is 344 g/mol. The lowest BCUT2D eigenvalue weighted by Crippen LogP contribution is -2.24. The minimum atomic E-state index is -3.87. The molecule has 2 rings (SSSR count). The molecule has 0 spiro atoms. The van der Waals surface area contributed by atoms with Crippen LogP contribution in [0.5, 0.6) is 0 Å². The first-order valence-corrected chi connectivity index (χ1v) is 8.80. The van der Waals surface area contributed by atoms with Crippen molar-refractivity contribution < 1.29 is 17.2 Å². The second-order valence-electron chi connectivity index (χ2n) is 5.37. The molecule has 0 unspecified atom stereocenters. The second kappa shape index (κ2) is 6.95. The van der Waals surface area contributed by atoms with Gasteiger partial charge in [-0.15, -0.1) is 0 Å². The fourth-order valence-electron chi connectivity index (χ4n) is 2.01. The van der Waals surface area contributed by atoms with Crippen molar-refractivity contribution in [2.24, 2.45) is 0 Å². The normalized spacial score (nSPS) is 11.9. The predicted molar refractivity (Wildman–Crippen MR) is 85.9 cm³/mol. The van der Waals surface area contributed by atoms with Gasteiger partial charge in [0.25, 0.3) is 0 Å². The van der Waals surface area contributed by atoms with Crippen LogP contribution in [0.4, 0.5) is 8.78 Å². The molecule has 124 valence electrons. The molecule has 1 N–H and O–H groups in total. The lowest BCUT2D eigenvalue weighted by molar-refractivity contribution is 0.544. The number of hydrogen-bond donors (Lipinski definition) is 1. The number of nitrogens with one attached hydrogen (secondary N) is 1. The molecule has 0 aliphatic carbocycles. The third-order valence-electron chi connectivity index (χ3n) is 3.43. The number of rotatable bonds is 5. The second-order valence-corrected chi connectivity index (χ2v) is 7.54. The van der Waals surface area contributed by atoms with Gasteiger partial charge in [-0.3, -0.25) is 0 Å². The number of benzene rings is 2. The highest BCUT2D eigenvalue weighted by molar-refractivity contribution is 7.89. The monoisotopic (exact) mass is 359 g/mol. The quantitative estimate of drug-likeness (QED) is 0.812. The SMILES string of the molecule is CC(C)c1ccc(S(=O)(=O)NCc2c(F)ccc(Cl)c2F)cc1. The van der Waals surface area contributed by atoms with Crippen LogP contribution in [-0.2, 0) is 16.6 Å². The smallest absolute Gasteiger partial charge is 0.207 e. The van der Waals surface area contributed by atoms with Gasteiger partial charge in [0.05, 0.1) is 9.92 Å². The molecule has 0 atom stereocenters. The van der Waals surface area contributed by atoms with E-state index in [1.54, 1.807) is 12.1 Å². The number of sulfonamides is 1. The third kappa shape index (κ3) is 4.07. The zero-order chi connectivity index (χ0) is 17.2. The van der Waals surface area contributed by atoms with E-state index in [2.05, 4.69) is 4.72 Å². The largest absolute Gasteiger partial charge is 0.240 e. The molecule has 0 bridgehead atoms. The summed E-state index contributed by atoms with van der Waals surface area (Å²) in [4.78, 5) is 0.0322. The van der Waals surface area contributed by atoms with Crippen molar-refractivity contribution in [2.45, 2.75) is 31.2 Å². The summed E-state index contributed by atoms with van der Waals surface area (Å²) in [5, 5.41) is -0.262. The van der Waals surface area contributed by atoms with Crippen LogP contribution in [0, 0.1) is 11.6 Å². The Morgan fingerprint density at radius 1 is 1.09 bits per heavy atom. The van der Waals surface area contributed by atoms with Crippen molar-refractivity contribution in [1.29, 1.82) is 0 Å². The minimum Gasteiger partial charge on any atom is -0.207 e. The first kappa shape index (κ1) is 17.8. The highest BCUT2D eigenvalue weighted by Crippen LogP contribution is 2.22. The van der Waals surface area contributed by atoms with Crippen LogP contribution in [0.2, 0.25) is 5.02 Å². The van der Waals surface area contributed by atoms with Gasteiger partial charge in [0.15, 0.2) is 0 Å². The highest BCUT2D eigenvalue weighted by Gasteiger charge is 2.18. The fraction of sp³-hybridized carbons (Fsp3) is 0.250. The van der Waals surface area contributed by atoms with E-state index >= 15 is 0 Å². The lowest BCUT2D eigenvalue weighted by atomic mass is 10.0. The van der Waals surface area contributed by atoms with E-state index in [1.165, 1.54) is 12.1 Å². The van der Waals surface area contributed by atoms with Crippen molar-refractivity contribution in [3.63, 3.8) is 0 Å². The van der Waals surface area contributed by atoms with Crippen molar-refractivity contribution in [3.05, 3.63) is 64.2 Å². The van der Waals surface area contributed by atoms with Crippen LogP contribution in [-0.4, -0.2) is 8.42 Å². The Labute approximate surface area is 139 Å². The fourth-order valence-corrected chi connectivity index (χ4v) is 3.19. The van der Waals surface area contributed by atoms with Crippen LogP contribution < -0.4 is 4.72 Å². The van der Waals surface area contributed by atoms with E-state index in [1.807, 2.05) is 13.8 Å². The van der Waals surface area contributed by atoms with E-state index in [-0.39, 0.29) is 15.8 Å². The average Bonchev–Trinajstić information content (AvgIpc) is 2.51. The van der Waals surface area contributed by atoms with Crippen LogP contribution in [0.25, 0.3) is 0 Å². The van der Waals surface area contributed by atoms with Gasteiger partial charge in [-0.25, -0.2) is 21.9 Å². The Bertz CT molecular complexity index is 806. The van der Waals surface area contributed by atoms with Crippen LogP contribution in [0.15, 0.2) is 41.3 Å². The topological polar surface area (TPSA) is 46.2 Å². The van der Waals surface area contributed by atoms with E-state index in [0.29, 0.717) is 0 Å². The number of halogens is 3. The van der Waals surface area contributed by atoms with Crippen molar-refractivity contribution in [1.82, 2.24) is 4.72 Å². The third-order valence-corrected chi connectivity index (χ3v) is 5.14. The molecule has 0 radical (unpaired) electrons. The summed E-state index contributed by atoms with van der Waals surface area (Å²) in [6, 6.07) is 8.41. The molecule has 0 amide bonds. The zero-order valence-electron chi connectivity index (χ0n) is 12.6. The average molecular weight is 360 g/mol. The Balaban J connectivity index is 2.21. The molecular formula is C16H16ClF2NO2S. The first-order valence-electron chi connectivity index (χ1n) is 6.94. The molecule has 0 aliphatic rings. The maximum absolute atomic E-state index is 13.8. The maximum atomic E-state index is 13.8. The highest BCUT2D eigenvalue weighted by atomic mass is 35.5. The summed E-state index contributed by atoms with van der Waals surface area (Å²) in [6.07, 6.45) is 0. The van der Waals surface area contributed by atoms with Gasteiger partial charge in [-0.05, 0) is 35.7 Å². The standard InChI is InChI=1S/C16H16ClF2NO2S/c1-10(2)11-3-5-12(6-4-11)23(21,22)20-9-13-15(18)8-7-14(17)16(13)19/h3-8,10,20H,9H2,1-2H3. The molecule has 0 heterocycles. The van der Waals surface area contributed by atoms with Gasteiger partial charge in [-0.1, -0.05) is 37.6 Å². The van der Waals surface area contributed by atoms with E-state index in [4.69, 9.17) is 11.6 Å². The summed E-state index contributed by atoms with van der Waals surface area (Å²) in [7, 11) is -3.87. The molecule has 0 saturated heterocycles. The van der Waals surface area contributed by atoms with Gasteiger partial charge < -0.3 is 0 Å². The molecule has 2 aromatic rings. The first-order chi connectivity index (χ1) is 10.7. The summed E-state index contributed by atoms with van der Waals surface area (Å²) in [6.45, 7) is 3.46. The maximum Gasteiger partial charge on any atom is 0.240 e. The Morgan fingerprint density at radius 3 is 2.26 bits per heavy atom.